The van der Waals surface area contributed by atoms with Crippen LogP contribution in [0.25, 0.3) is 0 Å². The number of hydrogen-bond acceptors (Lipinski definition) is 3. The highest BCUT2D eigenvalue weighted by Crippen LogP contribution is 2.23. The van der Waals surface area contributed by atoms with Crippen molar-refractivity contribution in [1.29, 1.82) is 0 Å². The average Bonchev–Trinajstić information content (AvgIpc) is 2.68. The Morgan fingerprint density at radius 1 is 1.53 bits per heavy atom. The van der Waals surface area contributed by atoms with E-state index in [4.69, 9.17) is 0 Å². The molecule has 1 aromatic heterocycles. The summed E-state index contributed by atoms with van der Waals surface area (Å²) in [7, 11) is 0. The summed E-state index contributed by atoms with van der Waals surface area (Å²) in [6, 6.07) is 0.333. The Labute approximate surface area is 102 Å². The summed E-state index contributed by atoms with van der Waals surface area (Å²) >= 11 is 0. The number of nitrogens with zero attached hydrogens (tertiary/aromatic N) is 3. The summed E-state index contributed by atoms with van der Waals surface area (Å²) in [5, 5.41) is 10.7. The molecule has 0 bridgehead atoms. The van der Waals surface area contributed by atoms with Crippen molar-refractivity contribution in [2.45, 2.75) is 52.1 Å². The predicted octanol–water partition coefficient (Wildman–Crippen LogP) is 1.28. The van der Waals surface area contributed by atoms with Gasteiger partial charge in [-0.25, -0.2) is 4.68 Å². The van der Waals surface area contributed by atoms with E-state index in [1.54, 1.807) is 10.9 Å². The lowest BCUT2D eigenvalue weighted by Crippen LogP contribution is -2.42. The van der Waals surface area contributed by atoms with Gasteiger partial charge in [-0.15, -0.1) is 5.10 Å². The SMILES string of the molecule is Cc1cnnn1CC(=O)NC1CCCCC1C. The third kappa shape index (κ3) is 3.05. The van der Waals surface area contributed by atoms with E-state index in [1.807, 2.05) is 6.92 Å². The molecule has 0 radical (unpaired) electrons. The van der Waals surface area contributed by atoms with E-state index in [9.17, 15) is 4.79 Å². The van der Waals surface area contributed by atoms with E-state index in [1.165, 1.54) is 19.3 Å². The molecular weight excluding hydrogens is 216 g/mol. The predicted molar refractivity (Wildman–Crippen MR) is 64.3 cm³/mol. The fourth-order valence-electron chi connectivity index (χ4n) is 2.38. The summed E-state index contributed by atoms with van der Waals surface area (Å²) < 4.78 is 1.63. The second kappa shape index (κ2) is 5.29. The summed E-state index contributed by atoms with van der Waals surface area (Å²) in [5.41, 5.74) is 0.914. The molecule has 0 aliphatic heterocycles. The lowest BCUT2D eigenvalue weighted by atomic mass is 9.86. The van der Waals surface area contributed by atoms with Crippen molar-refractivity contribution in [1.82, 2.24) is 20.3 Å². The van der Waals surface area contributed by atoms with Gasteiger partial charge in [0.2, 0.25) is 5.91 Å². The quantitative estimate of drug-likeness (QED) is 0.860. The van der Waals surface area contributed by atoms with Crippen LogP contribution in [0.3, 0.4) is 0 Å². The van der Waals surface area contributed by atoms with E-state index in [0.29, 0.717) is 12.0 Å². The van der Waals surface area contributed by atoms with Crippen molar-refractivity contribution in [2.24, 2.45) is 5.92 Å². The fraction of sp³-hybridized carbons (Fsp3) is 0.750. The van der Waals surface area contributed by atoms with Gasteiger partial charge in [0.25, 0.3) is 0 Å². The van der Waals surface area contributed by atoms with Gasteiger partial charge in [0, 0.05) is 6.04 Å². The highest BCUT2D eigenvalue weighted by Gasteiger charge is 2.22. The van der Waals surface area contributed by atoms with E-state index >= 15 is 0 Å². The van der Waals surface area contributed by atoms with E-state index < -0.39 is 0 Å². The highest BCUT2D eigenvalue weighted by molar-refractivity contribution is 5.76. The molecule has 0 spiro atoms. The van der Waals surface area contributed by atoms with Crippen molar-refractivity contribution in [3.05, 3.63) is 11.9 Å². The lowest BCUT2D eigenvalue weighted by molar-refractivity contribution is -0.123. The van der Waals surface area contributed by atoms with Gasteiger partial charge in [-0.3, -0.25) is 4.79 Å². The second-order valence-electron chi connectivity index (χ2n) is 4.97. The molecule has 1 heterocycles. The number of hydrogen-bond donors (Lipinski definition) is 1. The molecule has 1 aliphatic carbocycles. The Bertz CT molecular complexity index is 388. The number of nitrogens with one attached hydrogen (secondary N) is 1. The van der Waals surface area contributed by atoms with E-state index in [2.05, 4.69) is 22.6 Å². The van der Waals surface area contributed by atoms with Crippen LogP contribution >= 0.6 is 0 Å². The maximum atomic E-state index is 11.9. The average molecular weight is 236 g/mol. The maximum Gasteiger partial charge on any atom is 0.242 e. The fourth-order valence-corrected chi connectivity index (χ4v) is 2.38. The van der Waals surface area contributed by atoms with Crippen molar-refractivity contribution in [3.63, 3.8) is 0 Å². The van der Waals surface area contributed by atoms with Crippen LogP contribution in [-0.4, -0.2) is 26.9 Å². The largest absolute Gasteiger partial charge is 0.351 e. The van der Waals surface area contributed by atoms with Gasteiger partial charge in [-0.2, -0.15) is 0 Å². The number of carbonyl (C=O) groups excluding carboxylic acids is 1. The first kappa shape index (κ1) is 12.1. The number of amides is 1. The summed E-state index contributed by atoms with van der Waals surface area (Å²) in [6.45, 7) is 4.39. The normalized spacial score (nSPS) is 24.6. The number of aryl methyl sites for hydroxylation is 1. The zero-order valence-electron chi connectivity index (χ0n) is 10.5. The Hall–Kier alpha value is -1.39. The first-order valence-corrected chi connectivity index (χ1v) is 6.31. The first-order chi connectivity index (χ1) is 8.16. The smallest absolute Gasteiger partial charge is 0.242 e. The van der Waals surface area contributed by atoms with Crippen LogP contribution in [0.5, 0.6) is 0 Å². The third-order valence-electron chi connectivity index (χ3n) is 3.56. The molecule has 0 aromatic carbocycles. The summed E-state index contributed by atoms with van der Waals surface area (Å²) in [4.78, 5) is 11.9. The maximum absolute atomic E-state index is 11.9. The van der Waals surface area contributed by atoms with E-state index in [-0.39, 0.29) is 12.5 Å². The van der Waals surface area contributed by atoms with Crippen LogP contribution in [-0.2, 0) is 11.3 Å². The minimum absolute atomic E-state index is 0.0392. The molecule has 5 heteroatoms. The zero-order chi connectivity index (χ0) is 12.3. The molecule has 1 fully saturated rings. The number of rotatable bonds is 3. The van der Waals surface area contributed by atoms with Crippen LogP contribution < -0.4 is 5.32 Å². The second-order valence-corrected chi connectivity index (χ2v) is 4.97. The molecule has 94 valence electrons. The molecule has 1 aromatic rings. The Kier molecular flexibility index (Phi) is 3.76. The molecular formula is C12H20N4O. The zero-order valence-corrected chi connectivity index (χ0v) is 10.5. The van der Waals surface area contributed by atoms with Gasteiger partial charge in [0.1, 0.15) is 6.54 Å². The molecule has 17 heavy (non-hydrogen) atoms. The van der Waals surface area contributed by atoms with Gasteiger partial charge in [-0.05, 0) is 25.7 Å². The molecule has 2 unspecified atom stereocenters. The summed E-state index contributed by atoms with van der Waals surface area (Å²) in [5.74, 6) is 0.627. The van der Waals surface area contributed by atoms with Crippen LogP contribution in [0.2, 0.25) is 0 Å². The number of aromatic nitrogens is 3. The van der Waals surface area contributed by atoms with Crippen molar-refractivity contribution in [3.8, 4) is 0 Å². The topological polar surface area (TPSA) is 59.8 Å². The molecule has 2 rings (SSSR count). The Balaban J connectivity index is 1.86. The third-order valence-corrected chi connectivity index (χ3v) is 3.56. The highest BCUT2D eigenvalue weighted by atomic mass is 16.2. The number of carbonyl (C=O) groups is 1. The Morgan fingerprint density at radius 2 is 2.29 bits per heavy atom. The Morgan fingerprint density at radius 3 is 2.94 bits per heavy atom. The van der Waals surface area contributed by atoms with Crippen LogP contribution in [0.15, 0.2) is 6.20 Å². The van der Waals surface area contributed by atoms with Gasteiger partial charge < -0.3 is 5.32 Å². The molecule has 5 nitrogen and oxygen atoms in total. The van der Waals surface area contributed by atoms with Crippen LogP contribution in [0.1, 0.15) is 38.3 Å². The van der Waals surface area contributed by atoms with Crippen LogP contribution in [0.4, 0.5) is 0 Å². The first-order valence-electron chi connectivity index (χ1n) is 6.31. The lowest BCUT2D eigenvalue weighted by Gasteiger charge is -2.29. The molecule has 2 atom stereocenters. The van der Waals surface area contributed by atoms with Gasteiger partial charge in [0.15, 0.2) is 0 Å². The van der Waals surface area contributed by atoms with Gasteiger partial charge >= 0.3 is 0 Å². The van der Waals surface area contributed by atoms with Crippen molar-refractivity contribution < 1.29 is 4.79 Å². The molecule has 1 N–H and O–H groups in total. The summed E-state index contributed by atoms with van der Waals surface area (Å²) in [6.07, 6.45) is 6.49. The van der Waals surface area contributed by atoms with Crippen molar-refractivity contribution >= 4 is 5.91 Å². The van der Waals surface area contributed by atoms with Gasteiger partial charge in [0.05, 0.1) is 11.9 Å². The monoisotopic (exact) mass is 236 g/mol. The van der Waals surface area contributed by atoms with E-state index in [0.717, 1.165) is 12.1 Å². The minimum Gasteiger partial charge on any atom is -0.351 e. The minimum atomic E-state index is 0.0392. The molecule has 1 aliphatic rings. The van der Waals surface area contributed by atoms with Crippen molar-refractivity contribution in [2.75, 3.05) is 0 Å². The molecule has 1 amide bonds. The van der Waals surface area contributed by atoms with Crippen LogP contribution in [0, 0.1) is 12.8 Å². The molecule has 0 saturated heterocycles. The van der Waals surface area contributed by atoms with Gasteiger partial charge in [-0.1, -0.05) is 25.0 Å². The standard InChI is InChI=1S/C12H20N4O/c1-9-5-3-4-6-11(9)14-12(17)8-16-10(2)7-13-15-16/h7,9,11H,3-6,8H2,1-2H3,(H,14,17). The molecule has 1 saturated carbocycles.